The van der Waals surface area contributed by atoms with E-state index >= 15 is 0 Å². The lowest BCUT2D eigenvalue weighted by Crippen LogP contribution is -2.16. The summed E-state index contributed by atoms with van der Waals surface area (Å²) in [6.07, 6.45) is 4.43. The van der Waals surface area contributed by atoms with Crippen molar-refractivity contribution in [2.45, 2.75) is 80.1 Å². The van der Waals surface area contributed by atoms with Crippen LogP contribution in [0.15, 0.2) is 109 Å². The molecule has 0 radical (unpaired) electrons. The number of para-hydroxylation sites is 6. The molecule has 0 aliphatic carbocycles. The fraction of sp³-hybridized carbons (Fsp3) is 0.263. The van der Waals surface area contributed by atoms with Crippen molar-refractivity contribution in [3.8, 4) is 11.4 Å². The van der Waals surface area contributed by atoms with E-state index in [1.54, 1.807) is 26.1 Å². The van der Waals surface area contributed by atoms with Gasteiger partial charge >= 0.3 is 5.97 Å². The Morgan fingerprint density at radius 1 is 0.608 bits per heavy atom. The normalized spacial score (nSPS) is 10.4. The number of aromatic carboxylic acids is 1. The molecule has 3 amide bonds. The molecule has 0 atom stereocenters. The number of imidazole rings is 2. The van der Waals surface area contributed by atoms with Gasteiger partial charge in [-0.2, -0.15) is 0 Å². The van der Waals surface area contributed by atoms with Gasteiger partial charge in [-0.3, -0.25) is 14.4 Å². The summed E-state index contributed by atoms with van der Waals surface area (Å²) >= 11 is 0. The van der Waals surface area contributed by atoms with Crippen molar-refractivity contribution in [2.24, 2.45) is 7.05 Å². The number of carbonyl (C=O) groups excluding carboxylic acids is 3. The summed E-state index contributed by atoms with van der Waals surface area (Å²) in [6, 6.07) is 33.8. The minimum Gasteiger partial charge on any atom is -0.478 e. The third-order valence-electron chi connectivity index (χ3n) is 11.8. The number of fused-ring (bicyclic) bond motifs is 2. The Morgan fingerprint density at radius 3 is 1.68 bits per heavy atom. The summed E-state index contributed by atoms with van der Waals surface area (Å²) in [5.74, 6) is 0.550. The highest BCUT2D eigenvalue weighted by Crippen LogP contribution is 2.30. The fourth-order valence-electron chi connectivity index (χ4n) is 8.04. The molecule has 0 unspecified atom stereocenters. The highest BCUT2D eigenvalue weighted by molar-refractivity contribution is 6.08. The number of carbonyl (C=O) groups is 4. The topological polar surface area (TPSA) is 273 Å². The van der Waals surface area contributed by atoms with Crippen molar-refractivity contribution < 1.29 is 24.3 Å². The van der Waals surface area contributed by atoms with Crippen LogP contribution < -0.4 is 43.8 Å². The SMILES string of the molecule is CCCC(=O)Nc1c(C)cc(C(=O)Nc2ccccc2NC)cc1N.CCCC(=O)Nc1c(C)cc(C(=O)O)cc1N.CCCc1nc2c(C)cc(-c3nc4ccccc4n3C)cc2[nH]1.CNc1ccccc1N. The van der Waals surface area contributed by atoms with Crippen molar-refractivity contribution in [1.29, 1.82) is 0 Å². The van der Waals surface area contributed by atoms with Gasteiger partial charge in [0.2, 0.25) is 11.8 Å². The number of nitrogens with two attached hydrogens (primary N) is 3. The molecule has 17 heteroatoms. The molecule has 8 rings (SSSR count). The minimum atomic E-state index is -1.04. The first-order chi connectivity index (χ1) is 35.4. The van der Waals surface area contributed by atoms with Gasteiger partial charge in [0, 0.05) is 51.5 Å². The molecule has 8 aromatic rings. The van der Waals surface area contributed by atoms with Crippen molar-refractivity contribution in [3.63, 3.8) is 0 Å². The standard InChI is InChI=1S/C19H24N4O2.C19H20N4.C12H16N2O3.C7H10N2/c1-4-7-17(24)23-18-12(2)10-13(11-14(18)20)19(25)22-16-9-6-5-8-15(16)21-3;1-4-7-17-20-15-11-13(10-12(2)18(15)22-17)19-21-14-8-5-6-9-16(14)23(19)3;1-3-4-10(15)14-11-7(2)5-8(12(16)17)6-9(11)13;1-9-7-5-3-2-4-6(7)8/h5-6,8-11,21H,4,7,20H2,1-3H3,(H,22,25)(H,23,24);5-6,8-11H,4,7H2,1-3H3,(H,20,22);5-6H,3-4,13H2,1-2H3,(H,14,15)(H,16,17);2-5,9H,8H2,1H3. The summed E-state index contributed by atoms with van der Waals surface area (Å²) < 4.78 is 2.15. The molecule has 0 aliphatic heterocycles. The number of aromatic amines is 1. The Labute approximate surface area is 432 Å². The average Bonchev–Trinajstić information content (AvgIpc) is 3.95. The number of anilines is 8. The van der Waals surface area contributed by atoms with Crippen molar-refractivity contribution in [2.75, 3.05) is 57.9 Å². The van der Waals surface area contributed by atoms with Crippen LogP contribution in [-0.2, 0) is 23.1 Å². The summed E-state index contributed by atoms with van der Waals surface area (Å²) in [7, 11) is 5.71. The van der Waals surface area contributed by atoms with Crippen molar-refractivity contribution in [3.05, 3.63) is 143 Å². The van der Waals surface area contributed by atoms with Gasteiger partial charge < -0.3 is 58.4 Å². The maximum Gasteiger partial charge on any atom is 0.335 e. The Balaban J connectivity index is 0.000000192. The number of aryl methyl sites for hydroxylation is 5. The molecule has 0 saturated heterocycles. The smallest absolute Gasteiger partial charge is 0.335 e. The van der Waals surface area contributed by atoms with Gasteiger partial charge in [0.1, 0.15) is 11.6 Å². The van der Waals surface area contributed by atoms with Gasteiger partial charge in [0.05, 0.1) is 73.1 Å². The molecule has 17 nitrogen and oxygen atoms in total. The van der Waals surface area contributed by atoms with Crippen molar-refractivity contribution >= 4 is 91.3 Å². The first kappa shape index (κ1) is 56.1. The number of carboxylic acids is 1. The molecule has 0 bridgehead atoms. The van der Waals surface area contributed by atoms with E-state index in [0.29, 0.717) is 46.7 Å². The molecule has 6 aromatic carbocycles. The Hall–Kier alpha value is -8.86. The number of hydrogen-bond acceptors (Lipinski definition) is 11. The number of nitrogen functional groups attached to an aromatic ring is 3. The van der Waals surface area contributed by atoms with E-state index in [2.05, 4.69) is 81.3 Å². The summed E-state index contributed by atoms with van der Waals surface area (Å²) in [4.78, 5) is 59.6. The van der Waals surface area contributed by atoms with Crippen LogP contribution in [0.5, 0.6) is 0 Å². The minimum absolute atomic E-state index is 0.0857. The van der Waals surface area contributed by atoms with Crippen LogP contribution in [0.3, 0.4) is 0 Å². The number of H-pyrrole nitrogens is 1. The van der Waals surface area contributed by atoms with Crippen LogP contribution in [-0.4, -0.2) is 62.4 Å². The van der Waals surface area contributed by atoms with E-state index in [-0.39, 0.29) is 29.0 Å². The van der Waals surface area contributed by atoms with Gasteiger partial charge in [-0.15, -0.1) is 0 Å². The lowest BCUT2D eigenvalue weighted by atomic mass is 10.1. The zero-order valence-electron chi connectivity index (χ0n) is 43.8. The number of carboxylic acid groups (broad SMARTS) is 1. The van der Waals surface area contributed by atoms with Crippen LogP contribution in [0.25, 0.3) is 33.5 Å². The molecule has 74 heavy (non-hydrogen) atoms. The molecular formula is C57H70N12O5. The molecule has 0 spiro atoms. The zero-order chi connectivity index (χ0) is 54.1. The Kier molecular flexibility index (Phi) is 20.1. The number of amides is 3. The molecule has 2 heterocycles. The van der Waals surface area contributed by atoms with Crippen LogP contribution in [0.1, 0.15) is 96.1 Å². The molecule has 13 N–H and O–H groups in total. The van der Waals surface area contributed by atoms with Gasteiger partial charge in [-0.1, -0.05) is 57.2 Å². The fourth-order valence-corrected chi connectivity index (χ4v) is 8.04. The van der Waals surface area contributed by atoms with Gasteiger partial charge in [-0.25, -0.2) is 14.8 Å². The third kappa shape index (κ3) is 14.6. The molecule has 2 aromatic heterocycles. The van der Waals surface area contributed by atoms with Crippen LogP contribution in [0.2, 0.25) is 0 Å². The second kappa shape index (κ2) is 26.5. The molecular weight excluding hydrogens is 933 g/mol. The van der Waals surface area contributed by atoms with Crippen molar-refractivity contribution in [1.82, 2.24) is 19.5 Å². The van der Waals surface area contributed by atoms with Crippen LogP contribution in [0.4, 0.5) is 45.5 Å². The largest absolute Gasteiger partial charge is 0.478 e. The number of hydrogen-bond donors (Lipinski definition) is 10. The third-order valence-corrected chi connectivity index (χ3v) is 11.8. The van der Waals surface area contributed by atoms with E-state index in [1.807, 2.05) is 88.5 Å². The van der Waals surface area contributed by atoms with E-state index in [4.69, 9.17) is 32.3 Å². The highest BCUT2D eigenvalue weighted by atomic mass is 16.4. The Morgan fingerprint density at radius 2 is 1.15 bits per heavy atom. The molecule has 0 saturated carbocycles. The highest BCUT2D eigenvalue weighted by Gasteiger charge is 2.17. The lowest BCUT2D eigenvalue weighted by Gasteiger charge is -2.14. The van der Waals surface area contributed by atoms with Gasteiger partial charge in [0.15, 0.2) is 0 Å². The first-order valence-electron chi connectivity index (χ1n) is 24.6. The van der Waals surface area contributed by atoms with Gasteiger partial charge in [-0.05, 0) is 130 Å². The first-order valence-corrected chi connectivity index (χ1v) is 24.6. The second-order valence-electron chi connectivity index (χ2n) is 17.6. The second-order valence-corrected chi connectivity index (χ2v) is 17.6. The number of nitrogens with one attached hydrogen (secondary N) is 6. The molecule has 0 fully saturated rings. The predicted molar refractivity (Wildman–Crippen MR) is 304 cm³/mol. The predicted octanol–water partition coefficient (Wildman–Crippen LogP) is 11.3. The van der Waals surface area contributed by atoms with E-state index < -0.39 is 5.97 Å². The van der Waals surface area contributed by atoms with Gasteiger partial charge in [0.25, 0.3) is 5.91 Å². The quantitative estimate of drug-likeness (QED) is 0.0456. The van der Waals surface area contributed by atoms with E-state index in [0.717, 1.165) is 87.6 Å². The average molecular weight is 1000 g/mol. The molecule has 388 valence electrons. The number of benzene rings is 6. The number of nitrogens with zero attached hydrogens (tertiary/aromatic N) is 3. The maximum absolute atomic E-state index is 12.5. The summed E-state index contributed by atoms with van der Waals surface area (Å²) in [6.45, 7) is 11.7. The van der Waals surface area contributed by atoms with E-state index in [9.17, 15) is 19.2 Å². The summed E-state index contributed by atoms with van der Waals surface area (Å²) in [5.41, 5.74) is 30.9. The number of aromatic nitrogens is 4. The maximum atomic E-state index is 12.5. The lowest BCUT2D eigenvalue weighted by molar-refractivity contribution is -0.117. The zero-order valence-corrected chi connectivity index (χ0v) is 43.8. The Bertz CT molecular complexity index is 3200. The number of rotatable bonds is 14. The summed E-state index contributed by atoms with van der Waals surface area (Å²) in [5, 5.41) is 23.2. The van der Waals surface area contributed by atoms with Crippen LogP contribution >= 0.6 is 0 Å². The van der Waals surface area contributed by atoms with E-state index in [1.165, 1.54) is 17.7 Å². The van der Waals surface area contributed by atoms with Crippen LogP contribution in [0, 0.1) is 20.8 Å². The monoisotopic (exact) mass is 1000 g/mol. The molecule has 0 aliphatic rings.